The standard InChI is InChI=1S/C38H46ClFN4O4/c1-23-24(2)38(47)42(3)21-30(23)29-19-32(39)31(35(20-29)48-4)22-43-13-9-26(10-14-43)27-11-15-44(16-12-27)34-7-5-25(18-33(34)40)17-28-6-8-36(45)41-37(28)46/h5,7,18-21,26-28H,6,8-17,22H2,1-4H3,(H,41,45,46). The van der Waals surface area contributed by atoms with Crippen LogP contribution in [0.25, 0.3) is 11.1 Å². The Bertz CT molecular complexity index is 1760. The second kappa shape index (κ2) is 14.4. The number of benzene rings is 2. The Balaban J connectivity index is 1.02. The maximum atomic E-state index is 15.2. The Morgan fingerprint density at radius 3 is 2.27 bits per heavy atom. The van der Waals surface area contributed by atoms with Gasteiger partial charge in [-0.25, -0.2) is 4.39 Å². The van der Waals surface area contributed by atoms with Crippen molar-refractivity contribution < 1.29 is 18.7 Å². The normalized spacial score (nSPS) is 19.9. The number of piperidine rings is 3. The van der Waals surface area contributed by atoms with Gasteiger partial charge in [-0.1, -0.05) is 17.7 Å². The highest BCUT2D eigenvalue weighted by Gasteiger charge is 2.31. The lowest BCUT2D eigenvalue weighted by Gasteiger charge is -2.41. The van der Waals surface area contributed by atoms with Crippen LogP contribution in [0.4, 0.5) is 10.1 Å². The lowest BCUT2D eigenvalue weighted by Crippen LogP contribution is -2.41. The third-order valence-corrected chi connectivity index (χ3v) is 11.4. The van der Waals surface area contributed by atoms with E-state index >= 15 is 4.39 Å². The van der Waals surface area contributed by atoms with Crippen LogP contribution in [-0.4, -0.2) is 54.6 Å². The third-order valence-electron chi connectivity index (χ3n) is 11.0. The number of halogens is 2. The SMILES string of the molecule is COc1cc(-c2cn(C)c(=O)c(C)c2C)cc(Cl)c1CN1CCC(C2CCN(c3ccc(CC4CCC(=O)NC4=O)cc3F)CC2)CC1. The molecule has 3 fully saturated rings. The van der Waals surface area contributed by atoms with Gasteiger partial charge in [0.15, 0.2) is 0 Å². The molecule has 10 heteroatoms. The number of pyridine rings is 1. The summed E-state index contributed by atoms with van der Waals surface area (Å²) in [6, 6.07) is 9.35. The van der Waals surface area contributed by atoms with Crippen LogP contribution in [0.3, 0.4) is 0 Å². The molecule has 1 aromatic heterocycles. The molecule has 0 spiro atoms. The highest BCUT2D eigenvalue weighted by atomic mass is 35.5. The number of aromatic nitrogens is 1. The van der Waals surface area contributed by atoms with Crippen molar-refractivity contribution >= 4 is 29.1 Å². The van der Waals surface area contributed by atoms with E-state index in [1.165, 1.54) is 0 Å². The van der Waals surface area contributed by atoms with Gasteiger partial charge in [0, 0.05) is 66.9 Å². The summed E-state index contributed by atoms with van der Waals surface area (Å²) in [5, 5.41) is 3.06. The fourth-order valence-corrected chi connectivity index (χ4v) is 8.21. The zero-order valence-electron chi connectivity index (χ0n) is 28.4. The molecule has 0 bridgehead atoms. The molecule has 3 aliphatic heterocycles. The second-order valence-corrected chi connectivity index (χ2v) is 14.3. The zero-order valence-corrected chi connectivity index (χ0v) is 29.2. The summed E-state index contributed by atoms with van der Waals surface area (Å²) in [7, 11) is 3.45. The molecule has 256 valence electrons. The summed E-state index contributed by atoms with van der Waals surface area (Å²) in [5.74, 6) is 1.02. The molecule has 4 heterocycles. The summed E-state index contributed by atoms with van der Waals surface area (Å²) in [6.07, 6.45) is 7.50. The van der Waals surface area contributed by atoms with Crippen LogP contribution in [-0.2, 0) is 29.6 Å². The first kappa shape index (κ1) is 34.2. The number of carbonyl (C=O) groups excluding carboxylic acids is 2. The van der Waals surface area contributed by atoms with Gasteiger partial charge in [0.05, 0.1) is 12.8 Å². The van der Waals surface area contributed by atoms with Gasteiger partial charge in [0.2, 0.25) is 11.8 Å². The Hall–Kier alpha value is -3.69. The van der Waals surface area contributed by atoms with Crippen molar-refractivity contribution in [3.63, 3.8) is 0 Å². The van der Waals surface area contributed by atoms with Crippen molar-refractivity contribution in [3.05, 3.63) is 80.0 Å². The molecule has 6 rings (SSSR count). The van der Waals surface area contributed by atoms with Crippen molar-refractivity contribution in [2.45, 2.75) is 65.3 Å². The van der Waals surface area contributed by atoms with E-state index in [1.807, 2.05) is 44.3 Å². The van der Waals surface area contributed by atoms with E-state index in [9.17, 15) is 14.4 Å². The molecule has 0 saturated carbocycles. The van der Waals surface area contributed by atoms with Gasteiger partial charge in [0.1, 0.15) is 11.6 Å². The summed E-state index contributed by atoms with van der Waals surface area (Å²) >= 11 is 6.90. The van der Waals surface area contributed by atoms with Gasteiger partial charge in [-0.05, 0) is 118 Å². The molecule has 3 saturated heterocycles. The van der Waals surface area contributed by atoms with Gasteiger partial charge < -0.3 is 14.2 Å². The average Bonchev–Trinajstić information content (AvgIpc) is 3.08. The molecule has 8 nitrogen and oxygen atoms in total. The van der Waals surface area contributed by atoms with Crippen LogP contribution in [0.2, 0.25) is 5.02 Å². The monoisotopic (exact) mass is 676 g/mol. The van der Waals surface area contributed by atoms with E-state index in [2.05, 4.69) is 15.1 Å². The molecule has 1 unspecified atom stereocenters. The number of likely N-dealkylation sites (tertiary alicyclic amines) is 1. The highest BCUT2D eigenvalue weighted by molar-refractivity contribution is 6.32. The first-order valence-electron chi connectivity index (χ1n) is 17.2. The minimum atomic E-state index is -0.290. The molecule has 1 atom stereocenters. The number of hydrogen-bond donors (Lipinski definition) is 1. The second-order valence-electron chi connectivity index (χ2n) is 13.9. The van der Waals surface area contributed by atoms with Crippen LogP contribution in [0.1, 0.15) is 60.8 Å². The smallest absolute Gasteiger partial charge is 0.253 e. The fourth-order valence-electron chi connectivity index (χ4n) is 7.94. The predicted octanol–water partition coefficient (Wildman–Crippen LogP) is 6.19. The lowest BCUT2D eigenvalue weighted by molar-refractivity contribution is -0.136. The van der Waals surface area contributed by atoms with Gasteiger partial charge in [-0.2, -0.15) is 0 Å². The van der Waals surface area contributed by atoms with Crippen LogP contribution in [0, 0.1) is 37.4 Å². The van der Waals surface area contributed by atoms with E-state index in [1.54, 1.807) is 24.8 Å². The number of methoxy groups -OCH3 is 1. The Kier molecular flexibility index (Phi) is 10.3. The number of carbonyl (C=O) groups is 2. The van der Waals surface area contributed by atoms with E-state index in [0.29, 0.717) is 41.8 Å². The molecule has 1 N–H and O–H groups in total. The number of amides is 2. The van der Waals surface area contributed by atoms with E-state index in [4.69, 9.17) is 16.3 Å². The van der Waals surface area contributed by atoms with Crippen LogP contribution < -0.4 is 20.5 Å². The zero-order chi connectivity index (χ0) is 34.1. The quantitative estimate of drug-likeness (QED) is 0.287. The van der Waals surface area contributed by atoms with Gasteiger partial charge in [-0.15, -0.1) is 0 Å². The van der Waals surface area contributed by atoms with Crippen molar-refractivity contribution in [2.75, 3.05) is 38.2 Å². The maximum absolute atomic E-state index is 15.2. The first-order valence-corrected chi connectivity index (χ1v) is 17.5. The van der Waals surface area contributed by atoms with Crippen molar-refractivity contribution in [1.82, 2.24) is 14.8 Å². The number of hydrogen-bond acceptors (Lipinski definition) is 6. The molecule has 0 aliphatic carbocycles. The number of nitrogens with one attached hydrogen (secondary N) is 1. The highest BCUT2D eigenvalue weighted by Crippen LogP contribution is 2.38. The fraction of sp³-hybridized carbons (Fsp3) is 0.500. The van der Waals surface area contributed by atoms with Crippen LogP contribution >= 0.6 is 11.6 Å². The van der Waals surface area contributed by atoms with Crippen molar-refractivity contribution in [3.8, 4) is 16.9 Å². The molecule has 2 amide bonds. The lowest BCUT2D eigenvalue weighted by atomic mass is 9.78. The predicted molar refractivity (Wildman–Crippen MR) is 187 cm³/mol. The van der Waals surface area contributed by atoms with E-state index in [-0.39, 0.29) is 29.1 Å². The van der Waals surface area contributed by atoms with E-state index in [0.717, 1.165) is 97.5 Å². The number of nitrogens with zero attached hydrogens (tertiary/aromatic N) is 3. The summed E-state index contributed by atoms with van der Waals surface area (Å²) in [6.45, 7) is 8.20. The molecular formula is C38H46ClFN4O4. The first-order chi connectivity index (χ1) is 23.0. The summed E-state index contributed by atoms with van der Waals surface area (Å²) in [5.41, 5.74) is 5.99. The van der Waals surface area contributed by atoms with Crippen molar-refractivity contribution in [2.24, 2.45) is 24.8 Å². The largest absolute Gasteiger partial charge is 0.496 e. The Labute approximate surface area is 287 Å². The molecule has 48 heavy (non-hydrogen) atoms. The minimum Gasteiger partial charge on any atom is -0.496 e. The number of anilines is 1. The third kappa shape index (κ3) is 7.18. The Morgan fingerprint density at radius 1 is 0.938 bits per heavy atom. The van der Waals surface area contributed by atoms with Crippen LogP contribution in [0.15, 0.2) is 41.3 Å². The number of rotatable bonds is 8. The minimum absolute atomic E-state index is 0.00360. The molecule has 2 aromatic carbocycles. The molecule has 3 aliphatic rings. The summed E-state index contributed by atoms with van der Waals surface area (Å²) < 4.78 is 22.7. The topological polar surface area (TPSA) is 83.9 Å². The maximum Gasteiger partial charge on any atom is 0.253 e. The Morgan fingerprint density at radius 2 is 1.62 bits per heavy atom. The molecular weight excluding hydrogens is 631 g/mol. The van der Waals surface area contributed by atoms with Gasteiger partial charge in [0.25, 0.3) is 5.56 Å². The number of ether oxygens (including phenoxy) is 1. The van der Waals surface area contributed by atoms with Gasteiger partial charge in [-0.3, -0.25) is 24.6 Å². The average molecular weight is 677 g/mol. The number of imide groups is 1. The van der Waals surface area contributed by atoms with Crippen molar-refractivity contribution in [1.29, 1.82) is 0 Å². The summed E-state index contributed by atoms with van der Waals surface area (Å²) in [4.78, 5) is 40.6. The van der Waals surface area contributed by atoms with Crippen LogP contribution in [0.5, 0.6) is 5.75 Å². The van der Waals surface area contributed by atoms with Gasteiger partial charge >= 0.3 is 0 Å². The number of aryl methyl sites for hydroxylation is 1. The van der Waals surface area contributed by atoms with E-state index < -0.39 is 0 Å². The molecule has 0 radical (unpaired) electrons. The molecule has 3 aromatic rings.